The highest BCUT2D eigenvalue weighted by atomic mass is 19.4. The van der Waals surface area contributed by atoms with Crippen molar-refractivity contribution in [3.63, 3.8) is 0 Å². The van der Waals surface area contributed by atoms with E-state index in [1.54, 1.807) is 14.1 Å². The largest absolute Gasteiger partial charge is 0.459 e. The summed E-state index contributed by atoms with van der Waals surface area (Å²) in [5, 5.41) is 0. The SMILES string of the molecule is CN(C)C(=O)CN1CCC(OC(=O)c2ccc(C(F)(F)F)cc2)CC1. The predicted molar refractivity (Wildman–Crippen MR) is 85.0 cm³/mol. The molecule has 1 aliphatic heterocycles. The molecule has 0 saturated carbocycles. The molecule has 0 aromatic heterocycles. The molecule has 0 radical (unpaired) electrons. The van der Waals surface area contributed by atoms with Crippen molar-refractivity contribution in [1.29, 1.82) is 0 Å². The number of hydrogen-bond acceptors (Lipinski definition) is 4. The highest BCUT2D eigenvalue weighted by Gasteiger charge is 2.30. The Bertz CT molecular complexity index is 607. The van der Waals surface area contributed by atoms with Crippen LogP contribution in [0.4, 0.5) is 13.2 Å². The maximum atomic E-state index is 12.5. The third kappa shape index (κ3) is 5.45. The van der Waals surface area contributed by atoms with Gasteiger partial charge in [0.1, 0.15) is 6.10 Å². The summed E-state index contributed by atoms with van der Waals surface area (Å²) < 4.78 is 42.9. The van der Waals surface area contributed by atoms with Crippen molar-refractivity contribution in [1.82, 2.24) is 9.80 Å². The lowest BCUT2D eigenvalue weighted by molar-refractivity contribution is -0.137. The summed E-state index contributed by atoms with van der Waals surface area (Å²) in [5.41, 5.74) is -0.707. The van der Waals surface area contributed by atoms with E-state index in [2.05, 4.69) is 0 Å². The van der Waals surface area contributed by atoms with Crippen LogP contribution in [-0.2, 0) is 15.7 Å². The molecule has 0 spiro atoms. The third-order valence-electron chi connectivity index (χ3n) is 4.11. The number of amides is 1. The number of likely N-dealkylation sites (N-methyl/N-ethyl adjacent to an activating group) is 1. The minimum atomic E-state index is -4.43. The summed E-state index contributed by atoms with van der Waals surface area (Å²) in [6.07, 6.45) is -3.54. The van der Waals surface area contributed by atoms with E-state index in [0.29, 0.717) is 32.5 Å². The minimum Gasteiger partial charge on any atom is -0.459 e. The van der Waals surface area contributed by atoms with Gasteiger partial charge in [0.25, 0.3) is 0 Å². The number of rotatable bonds is 4. The van der Waals surface area contributed by atoms with Gasteiger partial charge in [0.2, 0.25) is 5.91 Å². The maximum Gasteiger partial charge on any atom is 0.416 e. The van der Waals surface area contributed by atoms with Crippen LogP contribution in [0.1, 0.15) is 28.8 Å². The fourth-order valence-corrected chi connectivity index (χ4v) is 2.53. The molecule has 1 aromatic carbocycles. The molecule has 0 aliphatic carbocycles. The van der Waals surface area contributed by atoms with Crippen LogP contribution in [0.3, 0.4) is 0 Å². The van der Waals surface area contributed by atoms with Crippen molar-refractivity contribution in [2.45, 2.75) is 25.1 Å². The normalized spacial score (nSPS) is 16.5. The van der Waals surface area contributed by atoms with Crippen LogP contribution in [0.2, 0.25) is 0 Å². The number of piperidine rings is 1. The van der Waals surface area contributed by atoms with Gasteiger partial charge in [-0.15, -0.1) is 0 Å². The van der Waals surface area contributed by atoms with Gasteiger partial charge in [-0.3, -0.25) is 9.69 Å². The van der Waals surface area contributed by atoms with Gasteiger partial charge in [-0.1, -0.05) is 0 Å². The van der Waals surface area contributed by atoms with Gasteiger partial charge < -0.3 is 9.64 Å². The van der Waals surface area contributed by atoms with E-state index >= 15 is 0 Å². The second-order valence-electron chi connectivity index (χ2n) is 6.24. The van der Waals surface area contributed by atoms with Crippen molar-refractivity contribution >= 4 is 11.9 Å². The summed E-state index contributed by atoms with van der Waals surface area (Å²) >= 11 is 0. The fraction of sp³-hybridized carbons (Fsp3) is 0.529. The van der Waals surface area contributed by atoms with Crippen LogP contribution in [0.25, 0.3) is 0 Å². The monoisotopic (exact) mass is 358 g/mol. The van der Waals surface area contributed by atoms with Crippen LogP contribution in [0, 0.1) is 0 Å². The third-order valence-corrected chi connectivity index (χ3v) is 4.11. The highest BCUT2D eigenvalue weighted by molar-refractivity contribution is 5.89. The van der Waals surface area contributed by atoms with Gasteiger partial charge in [-0.05, 0) is 37.1 Å². The number of esters is 1. The zero-order valence-corrected chi connectivity index (χ0v) is 14.2. The molecule has 1 fully saturated rings. The molecule has 1 amide bonds. The van der Waals surface area contributed by atoms with Crippen molar-refractivity contribution in [3.8, 4) is 0 Å². The molecule has 25 heavy (non-hydrogen) atoms. The number of halogens is 3. The highest BCUT2D eigenvalue weighted by Crippen LogP contribution is 2.29. The molecular formula is C17H21F3N2O3. The van der Waals surface area contributed by atoms with Crippen molar-refractivity contribution < 1.29 is 27.5 Å². The summed E-state index contributed by atoms with van der Waals surface area (Å²) in [6, 6.07) is 3.98. The van der Waals surface area contributed by atoms with Crippen molar-refractivity contribution in [2.24, 2.45) is 0 Å². The Morgan fingerprint density at radius 2 is 1.72 bits per heavy atom. The number of ether oxygens (including phenoxy) is 1. The molecule has 0 unspecified atom stereocenters. The molecule has 0 bridgehead atoms. The average Bonchev–Trinajstić information content (AvgIpc) is 2.55. The first-order chi connectivity index (χ1) is 11.7. The lowest BCUT2D eigenvalue weighted by Crippen LogP contribution is -2.43. The molecule has 2 rings (SSSR count). The lowest BCUT2D eigenvalue weighted by atomic mass is 10.1. The summed E-state index contributed by atoms with van der Waals surface area (Å²) in [5.74, 6) is -0.614. The van der Waals surface area contributed by atoms with Crippen molar-refractivity contribution in [3.05, 3.63) is 35.4 Å². The second-order valence-corrected chi connectivity index (χ2v) is 6.24. The molecule has 1 aromatic rings. The number of carbonyl (C=O) groups is 2. The quantitative estimate of drug-likeness (QED) is 0.776. The molecular weight excluding hydrogens is 337 g/mol. The summed E-state index contributed by atoms with van der Waals surface area (Å²) in [7, 11) is 3.39. The summed E-state index contributed by atoms with van der Waals surface area (Å²) in [6.45, 7) is 1.58. The number of carbonyl (C=O) groups excluding carboxylic acids is 2. The smallest absolute Gasteiger partial charge is 0.416 e. The predicted octanol–water partition coefficient (Wildman–Crippen LogP) is 2.41. The first kappa shape index (κ1) is 19.2. The van der Waals surface area contributed by atoms with Crippen LogP contribution in [0.15, 0.2) is 24.3 Å². The van der Waals surface area contributed by atoms with E-state index in [0.717, 1.165) is 24.3 Å². The molecule has 0 N–H and O–H groups in total. The Morgan fingerprint density at radius 3 is 2.20 bits per heavy atom. The van der Waals surface area contributed by atoms with Gasteiger partial charge in [0, 0.05) is 27.2 Å². The number of benzene rings is 1. The van der Waals surface area contributed by atoms with Crippen LogP contribution in [0.5, 0.6) is 0 Å². The van der Waals surface area contributed by atoms with Gasteiger partial charge >= 0.3 is 12.1 Å². The maximum absolute atomic E-state index is 12.5. The van der Waals surface area contributed by atoms with Gasteiger partial charge in [-0.25, -0.2) is 4.79 Å². The zero-order valence-electron chi connectivity index (χ0n) is 14.2. The number of likely N-dealkylation sites (tertiary alicyclic amines) is 1. The van der Waals surface area contributed by atoms with Gasteiger partial charge in [0.15, 0.2) is 0 Å². The molecule has 138 valence electrons. The number of nitrogens with zero attached hydrogens (tertiary/aromatic N) is 2. The Morgan fingerprint density at radius 1 is 1.16 bits per heavy atom. The standard InChI is InChI=1S/C17H21F3N2O3/c1-21(2)15(23)11-22-9-7-14(8-10-22)25-16(24)12-3-5-13(6-4-12)17(18,19)20/h3-6,14H,7-11H2,1-2H3. The number of alkyl halides is 3. The first-order valence-electron chi connectivity index (χ1n) is 7.97. The van der Waals surface area contributed by atoms with Gasteiger partial charge in [-0.2, -0.15) is 13.2 Å². The Balaban J connectivity index is 1.83. The molecule has 5 nitrogen and oxygen atoms in total. The van der Waals surface area contributed by atoms with E-state index in [9.17, 15) is 22.8 Å². The molecule has 8 heteroatoms. The first-order valence-corrected chi connectivity index (χ1v) is 7.97. The molecule has 0 atom stereocenters. The van der Waals surface area contributed by atoms with Crippen LogP contribution >= 0.6 is 0 Å². The summed E-state index contributed by atoms with van der Waals surface area (Å²) in [4.78, 5) is 27.2. The molecule has 1 aliphatic rings. The minimum absolute atomic E-state index is 0.0141. The Labute approximate surface area is 144 Å². The average molecular weight is 358 g/mol. The Kier molecular flexibility index (Phi) is 6.05. The second kappa shape index (κ2) is 7.86. The van der Waals surface area contributed by atoms with E-state index < -0.39 is 17.7 Å². The van der Waals surface area contributed by atoms with E-state index in [1.165, 1.54) is 4.90 Å². The van der Waals surface area contributed by atoms with E-state index in [-0.39, 0.29) is 17.6 Å². The zero-order chi connectivity index (χ0) is 18.6. The molecule has 1 saturated heterocycles. The van der Waals surface area contributed by atoms with E-state index in [4.69, 9.17) is 4.74 Å². The lowest BCUT2D eigenvalue weighted by Gasteiger charge is -2.31. The van der Waals surface area contributed by atoms with Crippen LogP contribution < -0.4 is 0 Å². The fourth-order valence-electron chi connectivity index (χ4n) is 2.53. The Hall–Kier alpha value is -2.09. The van der Waals surface area contributed by atoms with Gasteiger partial charge in [0.05, 0.1) is 17.7 Å². The topological polar surface area (TPSA) is 49.9 Å². The molecule has 1 heterocycles. The van der Waals surface area contributed by atoms with Crippen LogP contribution in [-0.4, -0.2) is 61.5 Å². The van der Waals surface area contributed by atoms with E-state index in [1.807, 2.05) is 4.90 Å². The number of hydrogen-bond donors (Lipinski definition) is 0. The van der Waals surface area contributed by atoms with Crippen molar-refractivity contribution in [2.75, 3.05) is 33.7 Å².